The molecule has 110 valence electrons. The third-order valence-electron chi connectivity index (χ3n) is 2.69. The van der Waals surface area contributed by atoms with Crippen LogP contribution in [-0.2, 0) is 15.7 Å². The molecule has 1 aromatic heterocycles. The van der Waals surface area contributed by atoms with Gasteiger partial charge in [0.05, 0.1) is 6.61 Å². The largest absolute Gasteiger partial charge is 0.341 e. The van der Waals surface area contributed by atoms with Crippen molar-refractivity contribution in [1.82, 2.24) is 4.67 Å². The number of nitrogens with zero attached hydrogens (tertiary/aromatic N) is 1. The standard InChI is InChI=1S/C11H19Br2N2O2PS/c1-9-7-11(19-10(9)2)8-17-18(14,16)15(5-3-12)6-4-13/h7H,3-6,8H2,1-2H3,(H2,14,16). The van der Waals surface area contributed by atoms with Crippen molar-refractivity contribution in [3.63, 3.8) is 0 Å². The summed E-state index contributed by atoms with van der Waals surface area (Å²) in [5.41, 5.74) is 7.08. The molecule has 0 aliphatic heterocycles. The number of hydrogen-bond donors (Lipinski definition) is 1. The number of aryl methyl sites for hydroxylation is 2. The Labute approximate surface area is 135 Å². The molecule has 0 aromatic carbocycles. The summed E-state index contributed by atoms with van der Waals surface area (Å²) in [4.78, 5) is 2.31. The van der Waals surface area contributed by atoms with Gasteiger partial charge >= 0.3 is 7.67 Å². The molecular weight excluding hydrogens is 415 g/mol. The zero-order valence-corrected chi connectivity index (χ0v) is 15.9. The van der Waals surface area contributed by atoms with Crippen molar-refractivity contribution in [2.45, 2.75) is 20.5 Å². The molecule has 1 rings (SSSR count). The fraction of sp³-hybridized carbons (Fsp3) is 0.636. The lowest BCUT2D eigenvalue weighted by Gasteiger charge is -2.26. The van der Waals surface area contributed by atoms with Gasteiger partial charge in [0.25, 0.3) is 0 Å². The van der Waals surface area contributed by atoms with E-state index in [2.05, 4.69) is 51.8 Å². The predicted octanol–water partition coefficient (Wildman–Crippen LogP) is 4.04. The lowest BCUT2D eigenvalue weighted by molar-refractivity contribution is 0.259. The molecule has 0 aliphatic rings. The van der Waals surface area contributed by atoms with Gasteiger partial charge in [-0.25, -0.2) is 10.2 Å². The summed E-state index contributed by atoms with van der Waals surface area (Å²) in [6, 6.07) is 2.05. The molecule has 8 heteroatoms. The Morgan fingerprint density at radius 1 is 1.37 bits per heavy atom. The van der Waals surface area contributed by atoms with Gasteiger partial charge in [-0.2, -0.15) is 0 Å². The van der Waals surface area contributed by atoms with Crippen LogP contribution in [-0.4, -0.2) is 28.4 Å². The number of thiophene rings is 1. The molecule has 1 unspecified atom stereocenters. The van der Waals surface area contributed by atoms with Crippen LogP contribution >= 0.6 is 50.9 Å². The Balaban J connectivity index is 2.64. The summed E-state index contributed by atoms with van der Waals surface area (Å²) in [5, 5.41) is 1.42. The lowest BCUT2D eigenvalue weighted by Crippen LogP contribution is -2.29. The van der Waals surface area contributed by atoms with Gasteiger partial charge in [0, 0.05) is 33.5 Å². The third kappa shape index (κ3) is 5.58. The maximum Gasteiger partial charge on any atom is 0.341 e. The van der Waals surface area contributed by atoms with E-state index in [1.807, 2.05) is 0 Å². The summed E-state index contributed by atoms with van der Waals surface area (Å²) in [6.45, 7) is 5.62. The van der Waals surface area contributed by atoms with Crippen LogP contribution in [0.2, 0.25) is 0 Å². The van der Waals surface area contributed by atoms with Crippen LogP contribution in [0.5, 0.6) is 0 Å². The quantitative estimate of drug-likeness (QED) is 0.496. The average molecular weight is 434 g/mol. The molecule has 0 amide bonds. The smallest absolute Gasteiger partial charge is 0.300 e. The molecule has 0 radical (unpaired) electrons. The van der Waals surface area contributed by atoms with E-state index in [1.54, 1.807) is 16.0 Å². The second kappa shape index (κ2) is 8.27. The molecule has 2 N–H and O–H groups in total. The highest BCUT2D eigenvalue weighted by atomic mass is 79.9. The van der Waals surface area contributed by atoms with Gasteiger partial charge in [0.15, 0.2) is 0 Å². The van der Waals surface area contributed by atoms with Crippen molar-refractivity contribution < 1.29 is 9.09 Å². The Kier molecular flexibility index (Phi) is 7.76. The minimum atomic E-state index is -3.23. The minimum absolute atomic E-state index is 0.300. The second-order valence-electron chi connectivity index (χ2n) is 4.12. The Morgan fingerprint density at radius 2 is 1.95 bits per heavy atom. The van der Waals surface area contributed by atoms with E-state index in [0.29, 0.717) is 30.4 Å². The Bertz CT molecular complexity index is 430. The summed E-state index contributed by atoms with van der Waals surface area (Å²) in [5.74, 6) is 0. The summed E-state index contributed by atoms with van der Waals surface area (Å²) >= 11 is 8.32. The number of halogens is 2. The van der Waals surface area contributed by atoms with Gasteiger partial charge in [0.1, 0.15) is 0 Å². The molecule has 0 aliphatic carbocycles. The summed E-state index contributed by atoms with van der Waals surface area (Å²) in [6.07, 6.45) is 0. The SMILES string of the molecule is Cc1cc(COP(N)(=O)N(CCBr)CCBr)sc1C. The molecule has 0 spiro atoms. The van der Waals surface area contributed by atoms with Gasteiger partial charge in [-0.05, 0) is 25.5 Å². The molecule has 0 fully saturated rings. The van der Waals surface area contributed by atoms with Crippen molar-refractivity contribution in [2.75, 3.05) is 23.7 Å². The van der Waals surface area contributed by atoms with Crippen molar-refractivity contribution in [3.8, 4) is 0 Å². The highest BCUT2D eigenvalue weighted by Crippen LogP contribution is 2.43. The average Bonchev–Trinajstić information content (AvgIpc) is 2.66. The van der Waals surface area contributed by atoms with Crippen LogP contribution in [0, 0.1) is 13.8 Å². The maximum atomic E-state index is 12.4. The first-order chi connectivity index (χ1) is 8.90. The molecule has 1 atom stereocenters. The molecular formula is C11H19Br2N2O2PS. The summed E-state index contributed by atoms with van der Waals surface area (Å²) < 4.78 is 19.6. The van der Waals surface area contributed by atoms with Gasteiger partial charge < -0.3 is 4.52 Å². The van der Waals surface area contributed by atoms with E-state index in [4.69, 9.17) is 10.0 Å². The zero-order chi connectivity index (χ0) is 14.5. The van der Waals surface area contributed by atoms with Crippen molar-refractivity contribution in [3.05, 3.63) is 21.4 Å². The fourth-order valence-corrected chi connectivity index (χ4v) is 5.25. The monoisotopic (exact) mass is 432 g/mol. The first kappa shape index (κ1) is 17.8. The molecule has 1 heterocycles. The van der Waals surface area contributed by atoms with E-state index in [-0.39, 0.29) is 0 Å². The van der Waals surface area contributed by atoms with Gasteiger partial charge in [0.2, 0.25) is 0 Å². The second-order valence-corrected chi connectivity index (χ2v) is 9.00. The van der Waals surface area contributed by atoms with E-state index >= 15 is 0 Å². The normalized spacial score (nSPS) is 14.8. The van der Waals surface area contributed by atoms with E-state index in [0.717, 1.165) is 4.88 Å². The van der Waals surface area contributed by atoms with Crippen LogP contribution in [0.3, 0.4) is 0 Å². The van der Waals surface area contributed by atoms with Crippen molar-refractivity contribution in [1.29, 1.82) is 0 Å². The first-order valence-corrected chi connectivity index (χ1v) is 10.6. The highest BCUT2D eigenvalue weighted by Gasteiger charge is 2.26. The third-order valence-corrected chi connectivity index (χ3v) is 6.21. The van der Waals surface area contributed by atoms with Crippen LogP contribution in [0.4, 0.5) is 0 Å². The lowest BCUT2D eigenvalue weighted by atomic mass is 10.3. The fourth-order valence-electron chi connectivity index (χ4n) is 1.54. The van der Waals surface area contributed by atoms with Crippen LogP contribution in [0.15, 0.2) is 6.07 Å². The number of rotatable bonds is 8. The molecule has 0 bridgehead atoms. The van der Waals surface area contributed by atoms with E-state index in [9.17, 15) is 4.57 Å². The summed E-state index contributed by atoms with van der Waals surface area (Å²) in [7, 11) is -3.23. The Hall–Kier alpha value is 0.770. The van der Waals surface area contributed by atoms with Crippen LogP contribution in [0.25, 0.3) is 0 Å². The van der Waals surface area contributed by atoms with Crippen LogP contribution < -0.4 is 5.50 Å². The van der Waals surface area contributed by atoms with Gasteiger partial charge in [-0.1, -0.05) is 31.9 Å². The number of hydrogen-bond acceptors (Lipinski definition) is 3. The highest BCUT2D eigenvalue weighted by molar-refractivity contribution is 9.09. The topological polar surface area (TPSA) is 55.6 Å². The van der Waals surface area contributed by atoms with Gasteiger partial charge in [-0.15, -0.1) is 11.3 Å². The molecule has 1 aromatic rings. The zero-order valence-electron chi connectivity index (χ0n) is 11.1. The van der Waals surface area contributed by atoms with Gasteiger partial charge in [-0.3, -0.25) is 4.57 Å². The molecule has 4 nitrogen and oxygen atoms in total. The molecule has 0 saturated heterocycles. The van der Waals surface area contributed by atoms with E-state index in [1.165, 1.54) is 10.4 Å². The number of nitrogens with two attached hydrogens (primary N) is 1. The minimum Gasteiger partial charge on any atom is -0.300 e. The Morgan fingerprint density at radius 3 is 2.37 bits per heavy atom. The van der Waals surface area contributed by atoms with Crippen molar-refractivity contribution in [2.24, 2.45) is 5.50 Å². The predicted molar refractivity (Wildman–Crippen MR) is 89.5 cm³/mol. The van der Waals surface area contributed by atoms with Crippen LogP contribution in [0.1, 0.15) is 15.3 Å². The first-order valence-electron chi connectivity index (χ1n) is 5.87. The number of alkyl halides is 2. The molecule has 0 saturated carbocycles. The van der Waals surface area contributed by atoms with E-state index < -0.39 is 7.67 Å². The molecule has 19 heavy (non-hydrogen) atoms. The maximum absolute atomic E-state index is 12.4. The van der Waals surface area contributed by atoms with Crippen molar-refractivity contribution >= 4 is 50.9 Å².